The van der Waals surface area contributed by atoms with Crippen LogP contribution in [0.4, 0.5) is 5.69 Å². The first-order valence-corrected chi connectivity index (χ1v) is 15.0. The second-order valence-corrected chi connectivity index (χ2v) is 12.7. The van der Waals surface area contributed by atoms with Crippen LogP contribution in [0.25, 0.3) is 0 Å². The van der Waals surface area contributed by atoms with Gasteiger partial charge in [0.2, 0.25) is 5.91 Å². The highest BCUT2D eigenvalue weighted by molar-refractivity contribution is 6.18. The fourth-order valence-electron chi connectivity index (χ4n) is 8.31. The number of hydrogen-bond donors (Lipinski definition) is 1. The van der Waals surface area contributed by atoms with Crippen molar-refractivity contribution in [3.63, 3.8) is 0 Å². The van der Waals surface area contributed by atoms with E-state index < -0.39 is 0 Å². The van der Waals surface area contributed by atoms with Gasteiger partial charge in [-0.3, -0.25) is 4.79 Å². The largest absolute Gasteiger partial charge is 0.458 e. The Bertz CT molecular complexity index is 1060. The molecule has 1 heterocycles. The number of nitrogens with one attached hydrogen (secondary N) is 1. The summed E-state index contributed by atoms with van der Waals surface area (Å²) in [4.78, 5) is 27.7. The van der Waals surface area contributed by atoms with Crippen LogP contribution in [0, 0.1) is 28.6 Å². The SMILES string of the molecule is C[C@]12CC[C@H]3[C@@H](CCC4=CC(=O)NCC[C@@]43C)[C@@H]1CC[C@@H]2OC(=O)c1cccc(N(CCCl)CCCl)c1. The van der Waals surface area contributed by atoms with Crippen LogP contribution >= 0.6 is 23.2 Å². The Kier molecular flexibility index (Phi) is 7.85. The van der Waals surface area contributed by atoms with E-state index in [1.165, 1.54) is 5.57 Å². The number of halogens is 2. The topological polar surface area (TPSA) is 58.6 Å². The van der Waals surface area contributed by atoms with Crippen LogP contribution in [0.5, 0.6) is 0 Å². The zero-order chi connectivity index (χ0) is 26.2. The molecule has 3 fully saturated rings. The Morgan fingerprint density at radius 2 is 1.86 bits per heavy atom. The predicted molar refractivity (Wildman–Crippen MR) is 149 cm³/mol. The van der Waals surface area contributed by atoms with E-state index in [0.717, 1.165) is 57.2 Å². The zero-order valence-corrected chi connectivity index (χ0v) is 23.6. The van der Waals surface area contributed by atoms with Gasteiger partial charge in [-0.15, -0.1) is 23.2 Å². The molecule has 0 radical (unpaired) electrons. The molecular formula is C30H40Cl2N2O3. The summed E-state index contributed by atoms with van der Waals surface area (Å²) in [6.45, 7) is 6.88. The minimum atomic E-state index is -0.235. The molecule has 7 heteroatoms. The lowest BCUT2D eigenvalue weighted by Gasteiger charge is -2.56. The lowest BCUT2D eigenvalue weighted by molar-refractivity contribution is -0.116. The molecule has 0 unspecified atom stereocenters. The lowest BCUT2D eigenvalue weighted by atomic mass is 9.48. The maximum Gasteiger partial charge on any atom is 0.338 e. The molecule has 0 spiro atoms. The molecule has 3 aliphatic carbocycles. The van der Waals surface area contributed by atoms with Gasteiger partial charge in [-0.25, -0.2) is 4.79 Å². The molecule has 1 aromatic carbocycles. The van der Waals surface area contributed by atoms with Gasteiger partial charge in [-0.1, -0.05) is 25.5 Å². The second-order valence-electron chi connectivity index (χ2n) is 12.0. The molecule has 202 valence electrons. The molecule has 0 aromatic heterocycles. The van der Waals surface area contributed by atoms with Gasteiger partial charge in [0.25, 0.3) is 0 Å². The standard InChI is InChI=1S/C30H40Cl2N2O3/c1-29-12-15-33-27(35)19-21(29)6-7-23-24-8-9-26(30(24,2)11-10-25(23)29)37-28(36)20-4-3-5-22(18-20)34(16-13-31)17-14-32/h3-5,18-19,23-26H,6-17H2,1-2H3,(H,33,35)/t23-,24-,25-,26-,29-,30-/m0/s1. The van der Waals surface area contributed by atoms with Crippen molar-refractivity contribution >= 4 is 40.8 Å². The monoisotopic (exact) mass is 546 g/mol. The molecule has 4 aliphatic rings. The first kappa shape index (κ1) is 26.9. The number of alkyl halides is 2. The second kappa shape index (κ2) is 10.8. The van der Waals surface area contributed by atoms with Crippen LogP contribution in [0.2, 0.25) is 0 Å². The molecule has 0 bridgehead atoms. The van der Waals surface area contributed by atoms with Gasteiger partial charge in [0.15, 0.2) is 0 Å². The Balaban J connectivity index is 1.31. The number of benzene rings is 1. The van der Waals surface area contributed by atoms with Crippen molar-refractivity contribution in [2.75, 3.05) is 36.3 Å². The number of esters is 1. The highest BCUT2D eigenvalue weighted by Crippen LogP contribution is 2.65. The highest BCUT2D eigenvalue weighted by Gasteiger charge is 2.59. The van der Waals surface area contributed by atoms with E-state index in [2.05, 4.69) is 24.1 Å². The quantitative estimate of drug-likeness (QED) is 0.327. The van der Waals surface area contributed by atoms with Gasteiger partial charge < -0.3 is 15.0 Å². The molecule has 0 saturated heterocycles. The molecule has 6 atom stereocenters. The number of nitrogens with zero attached hydrogens (tertiary/aromatic N) is 1. The van der Waals surface area contributed by atoms with Crippen LogP contribution in [0.15, 0.2) is 35.9 Å². The molecule has 5 nitrogen and oxygen atoms in total. The van der Waals surface area contributed by atoms with E-state index in [1.54, 1.807) is 0 Å². The summed E-state index contributed by atoms with van der Waals surface area (Å²) in [5.41, 5.74) is 2.99. The summed E-state index contributed by atoms with van der Waals surface area (Å²) in [5, 5.41) is 3.06. The summed E-state index contributed by atoms with van der Waals surface area (Å²) in [6, 6.07) is 7.65. The third-order valence-electron chi connectivity index (χ3n) is 10.3. The number of fused-ring (bicyclic) bond motifs is 5. The van der Waals surface area contributed by atoms with Gasteiger partial charge >= 0.3 is 5.97 Å². The third-order valence-corrected chi connectivity index (χ3v) is 10.6. The smallest absolute Gasteiger partial charge is 0.338 e. The average molecular weight is 548 g/mol. The summed E-state index contributed by atoms with van der Waals surface area (Å²) in [5.74, 6) is 2.62. The van der Waals surface area contributed by atoms with Crippen LogP contribution in [-0.4, -0.2) is 49.4 Å². The van der Waals surface area contributed by atoms with Crippen LogP contribution in [-0.2, 0) is 9.53 Å². The van der Waals surface area contributed by atoms with E-state index in [1.807, 2.05) is 30.3 Å². The van der Waals surface area contributed by atoms with Crippen molar-refractivity contribution in [2.24, 2.45) is 28.6 Å². The van der Waals surface area contributed by atoms with Crippen molar-refractivity contribution in [3.8, 4) is 0 Å². The minimum Gasteiger partial charge on any atom is -0.458 e. The number of amides is 1. The van der Waals surface area contributed by atoms with Crippen LogP contribution in [0.3, 0.4) is 0 Å². The fourth-order valence-corrected chi connectivity index (χ4v) is 8.72. The molecule has 37 heavy (non-hydrogen) atoms. The Morgan fingerprint density at radius 1 is 1.08 bits per heavy atom. The van der Waals surface area contributed by atoms with E-state index in [4.69, 9.17) is 27.9 Å². The number of ether oxygens (including phenoxy) is 1. The van der Waals surface area contributed by atoms with E-state index in [9.17, 15) is 9.59 Å². The van der Waals surface area contributed by atoms with Gasteiger partial charge in [0, 0.05) is 48.6 Å². The van der Waals surface area contributed by atoms with Crippen molar-refractivity contribution in [2.45, 2.75) is 64.9 Å². The predicted octanol–water partition coefficient (Wildman–Crippen LogP) is 6.18. The van der Waals surface area contributed by atoms with Crippen LogP contribution < -0.4 is 10.2 Å². The van der Waals surface area contributed by atoms with Gasteiger partial charge in [-0.2, -0.15) is 0 Å². The zero-order valence-electron chi connectivity index (χ0n) is 22.1. The molecule has 5 rings (SSSR count). The number of hydrogen-bond acceptors (Lipinski definition) is 4. The highest BCUT2D eigenvalue weighted by atomic mass is 35.5. The van der Waals surface area contributed by atoms with Crippen LogP contribution in [0.1, 0.15) is 69.2 Å². The molecule has 1 amide bonds. The number of allylic oxidation sites excluding steroid dienone is 1. The molecule has 1 N–H and O–H groups in total. The molecule has 1 aromatic rings. The van der Waals surface area contributed by atoms with E-state index >= 15 is 0 Å². The number of rotatable bonds is 7. The summed E-state index contributed by atoms with van der Waals surface area (Å²) in [7, 11) is 0. The van der Waals surface area contributed by atoms with Gasteiger partial charge in [-0.05, 0) is 86.3 Å². The first-order chi connectivity index (χ1) is 17.8. The summed E-state index contributed by atoms with van der Waals surface area (Å²) < 4.78 is 6.29. The van der Waals surface area contributed by atoms with E-state index in [-0.39, 0.29) is 28.8 Å². The van der Waals surface area contributed by atoms with Crippen molar-refractivity contribution < 1.29 is 14.3 Å². The fraction of sp³-hybridized carbons (Fsp3) is 0.667. The number of carbonyl (C=O) groups is 2. The molecule has 3 saturated carbocycles. The molecular weight excluding hydrogens is 507 g/mol. The van der Waals surface area contributed by atoms with Crippen molar-refractivity contribution in [1.82, 2.24) is 5.32 Å². The van der Waals surface area contributed by atoms with Gasteiger partial charge in [0.1, 0.15) is 6.10 Å². The maximum absolute atomic E-state index is 13.4. The average Bonchev–Trinajstić information content (AvgIpc) is 3.12. The molecule has 1 aliphatic heterocycles. The van der Waals surface area contributed by atoms with Gasteiger partial charge in [0.05, 0.1) is 5.56 Å². The first-order valence-electron chi connectivity index (χ1n) is 14.0. The Morgan fingerprint density at radius 3 is 2.62 bits per heavy atom. The summed E-state index contributed by atoms with van der Waals surface area (Å²) in [6.07, 6.45) is 9.25. The Hall–Kier alpha value is -1.72. The lowest BCUT2D eigenvalue weighted by Crippen LogP contribution is -2.51. The minimum absolute atomic E-state index is 0.00803. The van der Waals surface area contributed by atoms with Crippen molar-refractivity contribution in [3.05, 3.63) is 41.5 Å². The normalized spacial score (nSPS) is 34.8. The Labute approximate surface area is 231 Å². The maximum atomic E-state index is 13.4. The summed E-state index contributed by atoms with van der Waals surface area (Å²) >= 11 is 12.0. The van der Waals surface area contributed by atoms with E-state index in [0.29, 0.717) is 48.2 Å². The number of anilines is 1. The van der Waals surface area contributed by atoms with Crippen molar-refractivity contribution in [1.29, 1.82) is 0 Å². The number of carbonyl (C=O) groups excluding carboxylic acids is 2. The third kappa shape index (κ3) is 4.91.